The van der Waals surface area contributed by atoms with Crippen LogP contribution in [0.2, 0.25) is 0 Å². The molecule has 0 aliphatic rings. The van der Waals surface area contributed by atoms with E-state index in [1.54, 1.807) is 0 Å². The van der Waals surface area contributed by atoms with Crippen LogP contribution in [0.15, 0.2) is 22.7 Å². The van der Waals surface area contributed by atoms with Crippen LogP contribution in [0, 0.1) is 0 Å². The van der Waals surface area contributed by atoms with Gasteiger partial charge in [-0.3, -0.25) is 4.57 Å². The first-order valence-electron chi connectivity index (χ1n) is 4.93. The second-order valence-electron chi connectivity index (χ2n) is 4.14. The lowest BCUT2D eigenvalue weighted by molar-refractivity contribution is 0.0557. The number of nitrogens with zero attached hydrogens (tertiary/aromatic N) is 1. The van der Waals surface area contributed by atoms with E-state index in [0.717, 1.165) is 11.6 Å². The summed E-state index contributed by atoms with van der Waals surface area (Å²) in [4.78, 5) is 19.2. The monoisotopic (exact) mass is 423 g/mol. The van der Waals surface area contributed by atoms with Gasteiger partial charge in [0.15, 0.2) is 0 Å². The maximum Gasteiger partial charge on any atom is 0.399 e. The molecule has 0 aromatic heterocycles. The summed E-state index contributed by atoms with van der Waals surface area (Å²) in [7, 11) is -1.88. The summed E-state index contributed by atoms with van der Waals surface area (Å²) in [5.74, 6) is 0. The Balaban J connectivity index is 0.00000324. The minimum Gasteiger partial charge on any atom is -0.320 e. The lowest BCUT2D eigenvalue weighted by Crippen LogP contribution is -2.15. The second kappa shape index (κ2) is 6.74. The Bertz CT molecular complexity index is 494. The molecular weight excluding hydrogens is 411 g/mol. The molecule has 0 aliphatic carbocycles. The number of hydrogen-bond donors (Lipinski definition) is 2. The van der Waals surface area contributed by atoms with E-state index in [1.807, 2.05) is 19.0 Å². The van der Waals surface area contributed by atoms with E-state index < -0.39 is 18.8 Å². The van der Waals surface area contributed by atoms with Gasteiger partial charge >= 0.3 is 13.3 Å². The zero-order valence-corrected chi connectivity index (χ0v) is 14.4. The largest absolute Gasteiger partial charge is 0.399 e. The van der Waals surface area contributed by atoms with Gasteiger partial charge in [0.25, 0.3) is 0 Å². The van der Waals surface area contributed by atoms with E-state index in [4.69, 9.17) is 9.79 Å². The van der Waals surface area contributed by atoms with E-state index >= 15 is 0 Å². The maximum atomic E-state index is 13.5. The molecule has 19 heavy (non-hydrogen) atoms. The minimum atomic E-state index is -5.53. The fourth-order valence-corrected chi connectivity index (χ4v) is 2.76. The molecule has 0 amide bonds. The molecular formula is C10H14Br2F2NO3P. The van der Waals surface area contributed by atoms with E-state index in [2.05, 4.69) is 15.9 Å². The number of halogens is 4. The Hall–Kier alpha value is 0.150. The Kier molecular flexibility index (Phi) is 6.79. The Morgan fingerprint density at radius 1 is 1.37 bits per heavy atom. The molecule has 0 atom stereocenters. The first-order chi connectivity index (χ1) is 8.05. The second-order valence-corrected chi connectivity index (χ2v) is 6.64. The first kappa shape index (κ1) is 19.1. The van der Waals surface area contributed by atoms with Gasteiger partial charge in [-0.25, -0.2) is 0 Å². The molecule has 0 radical (unpaired) electrons. The van der Waals surface area contributed by atoms with Crippen LogP contribution in [0.25, 0.3) is 0 Å². The van der Waals surface area contributed by atoms with Gasteiger partial charge in [-0.1, -0.05) is 28.1 Å². The molecule has 0 heterocycles. The van der Waals surface area contributed by atoms with Crippen molar-refractivity contribution in [1.82, 2.24) is 4.90 Å². The topological polar surface area (TPSA) is 60.8 Å². The van der Waals surface area contributed by atoms with Crippen molar-refractivity contribution in [2.24, 2.45) is 0 Å². The third-order valence-corrected chi connectivity index (χ3v) is 3.85. The van der Waals surface area contributed by atoms with E-state index in [9.17, 15) is 13.3 Å². The van der Waals surface area contributed by atoms with Crippen LogP contribution < -0.4 is 0 Å². The lowest BCUT2D eigenvalue weighted by atomic mass is 10.1. The van der Waals surface area contributed by atoms with Gasteiger partial charge in [0.2, 0.25) is 0 Å². The highest BCUT2D eigenvalue weighted by atomic mass is 79.9. The van der Waals surface area contributed by atoms with Crippen LogP contribution in [0.3, 0.4) is 0 Å². The minimum absolute atomic E-state index is 0. The summed E-state index contributed by atoms with van der Waals surface area (Å²) in [6, 6.07) is 3.88. The smallest absolute Gasteiger partial charge is 0.320 e. The average Bonchev–Trinajstić information content (AvgIpc) is 2.13. The van der Waals surface area contributed by atoms with Crippen molar-refractivity contribution in [2.45, 2.75) is 12.2 Å². The van der Waals surface area contributed by atoms with Crippen molar-refractivity contribution in [3.63, 3.8) is 0 Å². The Morgan fingerprint density at radius 3 is 2.26 bits per heavy atom. The molecule has 1 aromatic rings. The standard InChI is InChI=1S/C10H13BrF2NO3P.BrH/c1-14(2)6-7-3-4-8(9(11)5-7)10(12,13)18(15,16)17;/h3-5H,6H2,1-2H3,(H2,15,16,17);1H. The van der Waals surface area contributed by atoms with Gasteiger partial charge in [0.1, 0.15) is 0 Å². The summed E-state index contributed by atoms with van der Waals surface area (Å²) >= 11 is 2.92. The lowest BCUT2D eigenvalue weighted by Gasteiger charge is -2.20. The number of rotatable bonds is 4. The summed E-state index contributed by atoms with van der Waals surface area (Å²) in [6.45, 7) is 0.542. The van der Waals surface area contributed by atoms with Crippen molar-refractivity contribution < 1.29 is 23.1 Å². The fraction of sp³-hybridized carbons (Fsp3) is 0.400. The third kappa shape index (κ3) is 4.58. The molecule has 1 rings (SSSR count). The van der Waals surface area contributed by atoms with Gasteiger partial charge in [-0.05, 0) is 25.7 Å². The molecule has 0 aliphatic heterocycles. The van der Waals surface area contributed by atoms with Crippen molar-refractivity contribution in [3.05, 3.63) is 33.8 Å². The molecule has 1 aromatic carbocycles. The first-order valence-corrected chi connectivity index (χ1v) is 7.33. The molecule has 2 N–H and O–H groups in total. The van der Waals surface area contributed by atoms with Gasteiger partial charge in [0.05, 0.1) is 0 Å². The summed E-state index contributed by atoms with van der Waals surface area (Å²) < 4.78 is 37.8. The van der Waals surface area contributed by atoms with E-state index in [-0.39, 0.29) is 21.5 Å². The highest BCUT2D eigenvalue weighted by Crippen LogP contribution is 2.60. The molecule has 4 nitrogen and oxygen atoms in total. The highest BCUT2D eigenvalue weighted by Gasteiger charge is 2.51. The SMILES string of the molecule is Br.CN(C)Cc1ccc(C(F)(F)P(=O)(O)O)c(Br)c1. The Morgan fingerprint density at radius 2 is 1.89 bits per heavy atom. The van der Waals surface area contributed by atoms with Crippen LogP contribution in [0.5, 0.6) is 0 Å². The van der Waals surface area contributed by atoms with Crippen LogP contribution >= 0.6 is 40.5 Å². The summed E-state index contributed by atoms with van der Waals surface area (Å²) in [5, 5.41) is 0. The van der Waals surface area contributed by atoms with Gasteiger partial charge in [-0.15, -0.1) is 17.0 Å². The fourth-order valence-electron chi connectivity index (χ4n) is 1.42. The number of benzene rings is 1. The van der Waals surface area contributed by atoms with Crippen LogP contribution in [-0.2, 0) is 16.8 Å². The molecule has 0 spiro atoms. The summed E-state index contributed by atoms with van der Waals surface area (Å²) in [6.07, 6.45) is 0. The van der Waals surface area contributed by atoms with E-state index in [1.165, 1.54) is 12.1 Å². The quantitative estimate of drug-likeness (QED) is 0.728. The normalized spacial score (nSPS) is 12.4. The summed E-state index contributed by atoms with van der Waals surface area (Å²) in [5.41, 5.74) is -4.14. The van der Waals surface area contributed by atoms with Crippen LogP contribution in [-0.4, -0.2) is 28.8 Å². The predicted molar refractivity (Wildman–Crippen MR) is 77.8 cm³/mol. The van der Waals surface area contributed by atoms with Crippen molar-refractivity contribution in [3.8, 4) is 0 Å². The van der Waals surface area contributed by atoms with Crippen molar-refractivity contribution >= 4 is 40.5 Å². The number of alkyl halides is 2. The van der Waals surface area contributed by atoms with Gasteiger partial charge in [0, 0.05) is 16.6 Å². The van der Waals surface area contributed by atoms with Crippen LogP contribution in [0.1, 0.15) is 11.1 Å². The van der Waals surface area contributed by atoms with E-state index in [0.29, 0.717) is 6.54 Å². The van der Waals surface area contributed by atoms with Crippen LogP contribution in [0.4, 0.5) is 8.78 Å². The molecule has 0 saturated carbocycles. The van der Waals surface area contributed by atoms with Crippen molar-refractivity contribution in [2.75, 3.05) is 14.1 Å². The molecule has 0 saturated heterocycles. The Labute approximate surface area is 128 Å². The highest BCUT2D eigenvalue weighted by molar-refractivity contribution is 9.10. The molecule has 110 valence electrons. The zero-order chi connectivity index (χ0) is 14.1. The molecule has 9 heteroatoms. The zero-order valence-electron chi connectivity index (χ0n) is 10.2. The maximum absolute atomic E-state index is 13.5. The molecule has 0 unspecified atom stereocenters. The molecule has 0 bridgehead atoms. The van der Waals surface area contributed by atoms with Gasteiger partial charge < -0.3 is 14.7 Å². The third-order valence-electron chi connectivity index (χ3n) is 2.22. The average molecular weight is 425 g/mol. The number of hydrogen-bond acceptors (Lipinski definition) is 2. The predicted octanol–water partition coefficient (Wildman–Crippen LogP) is 3.32. The van der Waals surface area contributed by atoms with Gasteiger partial charge in [-0.2, -0.15) is 8.78 Å². The molecule has 0 fully saturated rings. The van der Waals surface area contributed by atoms with Crippen molar-refractivity contribution in [1.29, 1.82) is 0 Å².